The van der Waals surface area contributed by atoms with Crippen LogP contribution in [0.2, 0.25) is 0 Å². The van der Waals surface area contributed by atoms with Gasteiger partial charge in [0.1, 0.15) is 6.10 Å². The Morgan fingerprint density at radius 2 is 2.00 bits per heavy atom. The average molecular weight is 372 g/mol. The largest absolute Gasteiger partial charge is 0.383 e. The van der Waals surface area contributed by atoms with Crippen molar-refractivity contribution in [1.82, 2.24) is 4.90 Å². The Morgan fingerprint density at radius 1 is 1.35 bits per heavy atom. The number of Topliss-reactive ketones (excluding diaryl/α,β-unsaturated/α-hetero) is 1. The third-order valence-corrected chi connectivity index (χ3v) is 6.60. The van der Waals surface area contributed by atoms with Crippen LogP contribution in [0.1, 0.15) is 48.6 Å². The van der Waals surface area contributed by atoms with Gasteiger partial charge in [-0.25, -0.2) is 0 Å². The number of nitrogens with zero attached hydrogens (tertiary/aromatic N) is 1. The smallest absolute Gasteiger partial charge is 0.173 e. The highest BCUT2D eigenvalue weighted by atomic mass is 32.2. The molecule has 0 amide bonds. The molecule has 0 saturated carbocycles. The number of fused-ring (bicyclic) bond motifs is 1. The fourth-order valence-electron chi connectivity index (χ4n) is 3.87. The number of allylic oxidation sites excluding steroid dienone is 2. The van der Waals surface area contributed by atoms with Crippen LogP contribution in [0.4, 0.5) is 0 Å². The lowest BCUT2D eigenvalue weighted by Crippen LogP contribution is -2.26. The van der Waals surface area contributed by atoms with Gasteiger partial charge in [0.25, 0.3) is 0 Å². The Labute approximate surface area is 161 Å². The number of thioether (sulfide) groups is 1. The van der Waals surface area contributed by atoms with Crippen LogP contribution in [0.3, 0.4) is 0 Å². The second kappa shape index (κ2) is 6.90. The highest BCUT2D eigenvalue weighted by molar-refractivity contribution is 7.99. The molecule has 1 aromatic rings. The number of aryl methyl sites for hydroxylation is 1. The minimum atomic E-state index is -0.904. The van der Waals surface area contributed by atoms with Crippen LogP contribution in [0.5, 0.6) is 0 Å². The van der Waals surface area contributed by atoms with Gasteiger partial charge in [0.05, 0.1) is 5.92 Å². The monoisotopic (exact) mass is 371 g/mol. The van der Waals surface area contributed by atoms with Gasteiger partial charge in [-0.1, -0.05) is 32.1 Å². The summed E-state index contributed by atoms with van der Waals surface area (Å²) in [6.07, 6.45) is 5.74. The minimum absolute atomic E-state index is 0.00499. The first kappa shape index (κ1) is 19.2. The number of ketones is 1. The summed E-state index contributed by atoms with van der Waals surface area (Å²) in [5.74, 6) is 0.969. The van der Waals surface area contributed by atoms with E-state index < -0.39 is 6.10 Å². The van der Waals surface area contributed by atoms with E-state index >= 15 is 0 Å². The predicted molar refractivity (Wildman–Crippen MR) is 109 cm³/mol. The van der Waals surface area contributed by atoms with Gasteiger partial charge < -0.3 is 10.0 Å². The van der Waals surface area contributed by atoms with Crippen molar-refractivity contribution < 1.29 is 9.90 Å². The Kier molecular flexibility index (Phi) is 5.11. The molecule has 140 valence electrons. The van der Waals surface area contributed by atoms with E-state index in [1.807, 2.05) is 42.9 Å². The summed E-state index contributed by atoms with van der Waals surface area (Å²) in [6, 6.07) is 2.07. The van der Waals surface area contributed by atoms with Crippen LogP contribution >= 0.6 is 11.8 Å². The quantitative estimate of drug-likeness (QED) is 0.618. The molecule has 0 spiro atoms. The third kappa shape index (κ3) is 3.49. The van der Waals surface area contributed by atoms with Crippen LogP contribution < -0.4 is 0 Å². The van der Waals surface area contributed by atoms with Crippen molar-refractivity contribution in [2.24, 2.45) is 5.92 Å². The Morgan fingerprint density at radius 3 is 2.58 bits per heavy atom. The van der Waals surface area contributed by atoms with Crippen LogP contribution in [0, 0.1) is 19.8 Å². The summed E-state index contributed by atoms with van der Waals surface area (Å²) in [7, 11) is 3.76. The van der Waals surface area contributed by atoms with Crippen molar-refractivity contribution in [2.45, 2.75) is 50.5 Å². The van der Waals surface area contributed by atoms with E-state index in [1.54, 1.807) is 6.20 Å². The zero-order chi connectivity index (χ0) is 19.2. The molecular formula is C22H29NO2S. The zero-order valence-corrected chi connectivity index (χ0v) is 17.4. The fourth-order valence-corrected chi connectivity index (χ4v) is 5.55. The average Bonchev–Trinajstić information content (AvgIpc) is 3.38. The Bertz CT molecular complexity index is 799. The first-order valence-electron chi connectivity index (χ1n) is 9.19. The summed E-state index contributed by atoms with van der Waals surface area (Å²) >= 11 is 1.91. The highest BCUT2D eigenvalue weighted by Gasteiger charge is 2.35. The second-order valence-electron chi connectivity index (χ2n) is 8.32. The van der Waals surface area contributed by atoms with Gasteiger partial charge in [-0.05, 0) is 53.7 Å². The lowest BCUT2D eigenvalue weighted by Gasteiger charge is -2.36. The van der Waals surface area contributed by atoms with Crippen LogP contribution in [-0.4, -0.2) is 35.6 Å². The Balaban J connectivity index is 2.10. The van der Waals surface area contributed by atoms with Crippen LogP contribution in [-0.2, 0) is 10.2 Å². The van der Waals surface area contributed by atoms with Gasteiger partial charge in [-0.15, -0.1) is 11.8 Å². The molecule has 0 saturated heterocycles. The van der Waals surface area contributed by atoms with Gasteiger partial charge in [-0.3, -0.25) is 4.79 Å². The summed E-state index contributed by atoms with van der Waals surface area (Å²) in [5, 5.41) is 11.2. The SMILES string of the molecule is Cc1cc(C(O)/C(=C/N(C)C)C(=O)C2C=C2)c(C)c2c1SCCC2(C)C. The topological polar surface area (TPSA) is 40.5 Å². The number of rotatable bonds is 5. The molecule has 26 heavy (non-hydrogen) atoms. The van der Waals surface area contributed by atoms with Gasteiger partial charge in [0.2, 0.25) is 0 Å². The fraction of sp³-hybridized carbons (Fsp3) is 0.500. The minimum Gasteiger partial charge on any atom is -0.383 e. The van der Waals surface area contributed by atoms with Crippen molar-refractivity contribution in [3.8, 4) is 0 Å². The van der Waals surface area contributed by atoms with Crippen molar-refractivity contribution >= 4 is 17.5 Å². The van der Waals surface area contributed by atoms with Gasteiger partial charge in [0, 0.05) is 30.8 Å². The number of aliphatic hydroxyl groups excluding tert-OH is 1. The maximum absolute atomic E-state index is 12.7. The first-order valence-corrected chi connectivity index (χ1v) is 10.2. The number of benzene rings is 1. The number of carbonyl (C=O) groups is 1. The van der Waals surface area contributed by atoms with Crippen molar-refractivity contribution in [3.63, 3.8) is 0 Å². The van der Waals surface area contributed by atoms with Crippen LogP contribution in [0.15, 0.2) is 34.9 Å². The van der Waals surface area contributed by atoms with Gasteiger partial charge >= 0.3 is 0 Å². The third-order valence-electron chi connectivity index (χ3n) is 5.37. The van der Waals surface area contributed by atoms with E-state index in [2.05, 4.69) is 33.8 Å². The van der Waals surface area contributed by atoms with E-state index in [-0.39, 0.29) is 17.1 Å². The molecule has 3 nitrogen and oxygen atoms in total. The lowest BCUT2D eigenvalue weighted by molar-refractivity contribution is -0.117. The molecule has 2 aliphatic rings. The molecule has 1 aromatic carbocycles. The predicted octanol–water partition coefficient (Wildman–Crippen LogP) is 4.31. The van der Waals surface area contributed by atoms with Crippen molar-refractivity contribution in [3.05, 3.63) is 52.2 Å². The summed E-state index contributed by atoms with van der Waals surface area (Å²) in [6.45, 7) is 8.77. The molecule has 0 bridgehead atoms. The maximum atomic E-state index is 12.7. The molecule has 1 unspecified atom stereocenters. The molecule has 1 aliphatic heterocycles. The lowest BCUT2D eigenvalue weighted by atomic mass is 9.76. The van der Waals surface area contributed by atoms with E-state index in [9.17, 15) is 9.90 Å². The van der Waals surface area contributed by atoms with Crippen molar-refractivity contribution in [2.75, 3.05) is 19.8 Å². The van der Waals surface area contributed by atoms with Gasteiger partial charge in [0.15, 0.2) is 5.78 Å². The first-order chi connectivity index (χ1) is 12.1. The molecule has 1 aliphatic carbocycles. The van der Waals surface area contributed by atoms with E-state index in [4.69, 9.17) is 0 Å². The molecule has 0 radical (unpaired) electrons. The van der Waals surface area contributed by atoms with Crippen LogP contribution in [0.25, 0.3) is 0 Å². The number of hydrogen-bond acceptors (Lipinski definition) is 4. The summed E-state index contributed by atoms with van der Waals surface area (Å²) in [4.78, 5) is 15.9. The number of carbonyl (C=O) groups excluding carboxylic acids is 1. The standard InChI is InChI=1S/C22H29NO2S/c1-13-11-16(14(2)18-21(13)26-10-9-22(18,3)4)20(25)17(12-23(5)6)19(24)15-7-8-15/h7-8,11-12,15,20,25H,9-10H2,1-6H3/b17-12+. The molecule has 3 rings (SSSR count). The van der Waals surface area contributed by atoms with Crippen molar-refractivity contribution in [1.29, 1.82) is 0 Å². The highest BCUT2D eigenvalue weighted by Crippen LogP contribution is 2.47. The molecule has 1 heterocycles. The zero-order valence-electron chi connectivity index (χ0n) is 16.6. The normalized spacial score (nSPS) is 19.9. The Hall–Kier alpha value is -1.52. The van der Waals surface area contributed by atoms with E-state index in [1.165, 1.54) is 16.0 Å². The number of hydrogen-bond donors (Lipinski definition) is 1. The molecule has 0 fully saturated rings. The van der Waals surface area contributed by atoms with E-state index in [0.29, 0.717) is 5.57 Å². The molecular weight excluding hydrogens is 342 g/mol. The summed E-state index contributed by atoms with van der Waals surface area (Å²) < 4.78 is 0. The molecule has 1 N–H and O–H groups in total. The molecule has 1 atom stereocenters. The molecule has 4 heteroatoms. The van der Waals surface area contributed by atoms with E-state index in [0.717, 1.165) is 23.3 Å². The number of aliphatic hydroxyl groups is 1. The second-order valence-corrected chi connectivity index (χ2v) is 9.42. The summed E-state index contributed by atoms with van der Waals surface area (Å²) in [5.41, 5.74) is 5.06. The molecule has 0 aromatic heterocycles. The van der Waals surface area contributed by atoms with Gasteiger partial charge in [-0.2, -0.15) is 0 Å². The maximum Gasteiger partial charge on any atom is 0.173 e.